The molecule has 0 atom stereocenters. The Morgan fingerprint density at radius 2 is 1.10 bits per heavy atom. The number of allylic oxidation sites excluding steroid dienone is 8. The van der Waals surface area contributed by atoms with Crippen LogP contribution in [0.4, 0.5) is 0 Å². The van der Waals surface area contributed by atoms with Crippen molar-refractivity contribution in [3.8, 4) is 0 Å². The molecule has 0 spiro atoms. The van der Waals surface area contributed by atoms with Crippen molar-refractivity contribution >= 4 is 23.9 Å². The van der Waals surface area contributed by atoms with E-state index in [1.165, 1.54) is 0 Å². The van der Waals surface area contributed by atoms with E-state index >= 15 is 0 Å². The third-order valence-electron chi connectivity index (χ3n) is 2.27. The van der Waals surface area contributed by atoms with E-state index in [9.17, 15) is 0 Å². The second kappa shape index (κ2) is 14.4. The maximum atomic E-state index is 4.96. The summed E-state index contributed by atoms with van der Waals surface area (Å²) in [5, 5.41) is 0. The third-order valence-corrected chi connectivity index (χ3v) is 2.27. The molecule has 0 amide bonds. The summed E-state index contributed by atoms with van der Waals surface area (Å²) in [6, 6.07) is 0. The summed E-state index contributed by atoms with van der Waals surface area (Å²) in [6.45, 7) is 7.50. The van der Waals surface area contributed by atoms with E-state index in [0.29, 0.717) is 0 Å². The van der Waals surface area contributed by atoms with Crippen molar-refractivity contribution in [1.82, 2.24) is 0 Å². The van der Waals surface area contributed by atoms with Crippen LogP contribution in [-0.2, 0) is 9.47 Å². The zero-order valence-corrected chi connectivity index (χ0v) is 16.5. The number of halogens is 2. The second-order valence-corrected chi connectivity index (χ2v) is 3.70. The predicted molar refractivity (Wildman–Crippen MR) is 81.1 cm³/mol. The van der Waals surface area contributed by atoms with Crippen LogP contribution in [0.1, 0.15) is 0 Å². The number of hydrogen-bond donors (Lipinski definition) is 0. The molecule has 0 aromatic rings. The molecule has 5 heteroatoms. The molecule has 112 valence electrons. The zero-order chi connectivity index (χ0) is 13.4. The summed E-state index contributed by atoms with van der Waals surface area (Å²) in [5.74, 6) is 1.73. The molecule has 0 heterocycles. The maximum absolute atomic E-state index is 4.96. The fraction of sp³-hybridized carbons (Fsp3) is 0.125. The summed E-state index contributed by atoms with van der Waals surface area (Å²) >= 11 is 0. The molecule has 0 aliphatic heterocycles. The minimum atomic E-state index is 0. The Morgan fingerprint density at radius 1 is 0.762 bits per heavy atom. The molecule has 0 unspecified atom stereocenters. The molecule has 0 saturated heterocycles. The van der Waals surface area contributed by atoms with Gasteiger partial charge in [-0.25, -0.2) is 0 Å². The average Bonchev–Trinajstić information content (AvgIpc) is 2.39. The van der Waals surface area contributed by atoms with Crippen molar-refractivity contribution < 1.29 is 34.3 Å². The van der Waals surface area contributed by atoms with Gasteiger partial charge in [-0.1, -0.05) is 37.5 Å². The van der Waals surface area contributed by atoms with Gasteiger partial charge < -0.3 is 34.3 Å². The van der Waals surface area contributed by atoms with Crippen molar-refractivity contribution in [2.45, 2.75) is 0 Å². The SMILES string of the molecule is C=C1[CH]C(OC)=CC=C1.C=C1[CH]C(OC)=CC=C1.[Cl-].[Cl-].[Sn+2]. The molecule has 0 N–H and O–H groups in total. The van der Waals surface area contributed by atoms with E-state index in [1.807, 2.05) is 49.3 Å². The number of rotatable bonds is 2. The molecule has 0 saturated carbocycles. The molecule has 2 rings (SSSR count). The fourth-order valence-corrected chi connectivity index (χ4v) is 1.34. The van der Waals surface area contributed by atoms with Crippen LogP contribution in [0.15, 0.2) is 72.3 Å². The molecule has 2 aliphatic rings. The van der Waals surface area contributed by atoms with Gasteiger partial charge in [0.1, 0.15) is 11.5 Å². The minimum Gasteiger partial charge on any atom is -1.00 e. The van der Waals surface area contributed by atoms with E-state index in [4.69, 9.17) is 9.47 Å². The molecule has 0 aromatic heterocycles. The molecular weight excluding hydrogens is 414 g/mol. The Bertz CT molecular complexity index is 407. The van der Waals surface area contributed by atoms with Gasteiger partial charge in [0.05, 0.1) is 27.1 Å². The third kappa shape index (κ3) is 10.7. The van der Waals surface area contributed by atoms with E-state index in [-0.39, 0.29) is 48.7 Å². The standard InChI is InChI=1S/2C8H9O.2ClH.Sn/c2*1-7-4-3-5-8(6-7)9-2;;;/h2*3-6H,1H2,2H3;2*1H;/q;;;;+2/p-2. The van der Waals surface area contributed by atoms with Gasteiger partial charge in [0, 0.05) is 0 Å². The second-order valence-electron chi connectivity index (χ2n) is 3.70. The van der Waals surface area contributed by atoms with Crippen LogP contribution in [0.5, 0.6) is 0 Å². The van der Waals surface area contributed by atoms with Gasteiger partial charge in [0.25, 0.3) is 0 Å². The molecule has 0 fully saturated rings. The summed E-state index contributed by atoms with van der Waals surface area (Å²) in [6.07, 6.45) is 15.3. The summed E-state index contributed by atoms with van der Waals surface area (Å²) in [5.41, 5.74) is 1.96. The average molecular weight is 432 g/mol. The first-order chi connectivity index (χ1) is 8.65. The molecule has 0 aromatic carbocycles. The fourth-order valence-electron chi connectivity index (χ4n) is 1.34. The van der Waals surface area contributed by atoms with Crippen LogP contribution < -0.4 is 24.8 Å². The molecular formula is C16H18Cl2O2Sn. The normalized spacial score (nSPS) is 15.0. The number of hydrogen-bond acceptors (Lipinski definition) is 2. The van der Waals surface area contributed by atoms with Crippen molar-refractivity contribution in [3.63, 3.8) is 0 Å². The van der Waals surface area contributed by atoms with Gasteiger partial charge in [-0.15, -0.1) is 0 Å². The maximum Gasteiger partial charge on any atom is 2.00 e. The van der Waals surface area contributed by atoms with Gasteiger partial charge in [0.15, 0.2) is 0 Å². The van der Waals surface area contributed by atoms with Crippen molar-refractivity contribution in [2.24, 2.45) is 0 Å². The Hall–Kier alpha value is -0.581. The van der Waals surface area contributed by atoms with Gasteiger partial charge in [-0.3, -0.25) is 0 Å². The zero-order valence-electron chi connectivity index (χ0n) is 12.1. The van der Waals surface area contributed by atoms with E-state index in [1.54, 1.807) is 14.2 Å². The van der Waals surface area contributed by atoms with Crippen molar-refractivity contribution in [3.05, 3.63) is 85.1 Å². The summed E-state index contributed by atoms with van der Waals surface area (Å²) < 4.78 is 9.91. The Kier molecular flexibility index (Phi) is 17.4. The largest absolute Gasteiger partial charge is 2.00 e. The summed E-state index contributed by atoms with van der Waals surface area (Å²) in [4.78, 5) is 0. The van der Waals surface area contributed by atoms with E-state index in [0.717, 1.165) is 22.7 Å². The quantitative estimate of drug-likeness (QED) is 0.444. The monoisotopic (exact) mass is 432 g/mol. The first-order valence-electron chi connectivity index (χ1n) is 5.57. The van der Waals surface area contributed by atoms with Crippen LogP contribution in [-0.4, -0.2) is 38.1 Å². The molecule has 4 radical (unpaired) electrons. The first kappa shape index (κ1) is 25.4. The molecule has 2 nitrogen and oxygen atoms in total. The van der Waals surface area contributed by atoms with Gasteiger partial charge in [-0.05, 0) is 23.3 Å². The Morgan fingerprint density at radius 3 is 1.29 bits per heavy atom. The summed E-state index contributed by atoms with van der Waals surface area (Å²) in [7, 11) is 3.30. The molecule has 21 heavy (non-hydrogen) atoms. The Labute approximate surface area is 157 Å². The number of methoxy groups -OCH3 is 2. The van der Waals surface area contributed by atoms with Crippen molar-refractivity contribution in [2.75, 3.05) is 14.2 Å². The van der Waals surface area contributed by atoms with E-state index in [2.05, 4.69) is 13.2 Å². The van der Waals surface area contributed by atoms with Crippen LogP contribution in [0.2, 0.25) is 0 Å². The van der Waals surface area contributed by atoms with E-state index < -0.39 is 0 Å². The molecule has 2 aliphatic carbocycles. The predicted octanol–water partition coefficient (Wildman–Crippen LogP) is -2.68. The van der Waals surface area contributed by atoms with Gasteiger partial charge >= 0.3 is 23.9 Å². The first-order valence-corrected chi connectivity index (χ1v) is 5.57. The minimum absolute atomic E-state index is 0. The van der Waals surface area contributed by atoms with Gasteiger partial charge in [0.2, 0.25) is 0 Å². The smallest absolute Gasteiger partial charge is 1.00 e. The Balaban J connectivity index is -0.000000270. The van der Waals surface area contributed by atoms with Crippen LogP contribution >= 0.6 is 0 Å². The number of ether oxygens (including phenoxy) is 2. The van der Waals surface area contributed by atoms with Gasteiger partial charge in [-0.2, -0.15) is 0 Å². The van der Waals surface area contributed by atoms with Crippen LogP contribution in [0, 0.1) is 12.8 Å². The van der Waals surface area contributed by atoms with Crippen LogP contribution in [0.3, 0.4) is 0 Å². The molecule has 0 bridgehead atoms. The topological polar surface area (TPSA) is 18.5 Å². The van der Waals surface area contributed by atoms with Crippen LogP contribution in [0.25, 0.3) is 0 Å². The van der Waals surface area contributed by atoms with Crippen molar-refractivity contribution in [1.29, 1.82) is 0 Å².